The molecule has 1 fully saturated rings. The molecule has 1 heterocycles. The predicted octanol–water partition coefficient (Wildman–Crippen LogP) is 3.45. The van der Waals surface area contributed by atoms with Gasteiger partial charge >= 0.3 is 0 Å². The van der Waals surface area contributed by atoms with Crippen molar-refractivity contribution in [3.05, 3.63) is 53.6 Å². The van der Waals surface area contributed by atoms with Gasteiger partial charge in [-0.25, -0.2) is 4.90 Å². The molecule has 2 amide bonds. The van der Waals surface area contributed by atoms with Crippen LogP contribution in [0.25, 0.3) is 0 Å². The Morgan fingerprint density at radius 1 is 1.16 bits per heavy atom. The lowest BCUT2D eigenvalue weighted by Gasteiger charge is -2.19. The van der Waals surface area contributed by atoms with Crippen molar-refractivity contribution in [3.63, 3.8) is 0 Å². The van der Waals surface area contributed by atoms with Crippen molar-refractivity contribution >= 4 is 23.2 Å². The smallest absolute Gasteiger partial charge is 0.256 e. The first-order valence-corrected chi connectivity index (χ1v) is 8.43. The molecule has 2 aromatic rings. The minimum atomic E-state index is -0.589. The zero-order valence-electron chi connectivity index (χ0n) is 14.7. The van der Waals surface area contributed by atoms with E-state index in [0.29, 0.717) is 18.0 Å². The van der Waals surface area contributed by atoms with Crippen LogP contribution in [0.2, 0.25) is 0 Å². The molecule has 3 rings (SSSR count). The fourth-order valence-electron chi connectivity index (χ4n) is 3.01. The fraction of sp³-hybridized carbons (Fsp3) is 0.300. The summed E-state index contributed by atoms with van der Waals surface area (Å²) in [7, 11) is 0. The highest BCUT2D eigenvalue weighted by atomic mass is 16.5. The van der Waals surface area contributed by atoms with E-state index in [9.17, 15) is 9.59 Å². The van der Waals surface area contributed by atoms with Crippen LogP contribution in [-0.2, 0) is 9.59 Å². The van der Waals surface area contributed by atoms with Gasteiger partial charge in [0.25, 0.3) is 5.91 Å². The molecule has 1 aliphatic rings. The molecule has 0 aliphatic carbocycles. The molecule has 1 atom stereocenters. The van der Waals surface area contributed by atoms with E-state index in [1.54, 1.807) is 0 Å². The third-order valence-corrected chi connectivity index (χ3v) is 4.27. The number of para-hydroxylation sites is 2. The molecular weight excluding hydrogens is 316 g/mol. The largest absolute Gasteiger partial charge is 0.492 e. The molecule has 0 spiro atoms. The van der Waals surface area contributed by atoms with Gasteiger partial charge in [-0.05, 0) is 50.1 Å². The standard InChI is InChI=1S/C20H22N2O3/c1-4-25-18-8-6-5-7-15(18)21-16-12-19(23)22(20(16)24)17-11-13(2)9-10-14(17)3/h5-11,16,21H,4,12H2,1-3H3/t16-/m1/s1. The Balaban J connectivity index is 1.86. The van der Waals surface area contributed by atoms with Crippen LogP contribution < -0.4 is 15.0 Å². The summed E-state index contributed by atoms with van der Waals surface area (Å²) in [6, 6.07) is 12.6. The van der Waals surface area contributed by atoms with Crippen molar-refractivity contribution in [2.75, 3.05) is 16.8 Å². The summed E-state index contributed by atoms with van der Waals surface area (Å²) in [4.78, 5) is 26.6. The number of hydrogen-bond donors (Lipinski definition) is 1. The van der Waals surface area contributed by atoms with Crippen molar-refractivity contribution < 1.29 is 14.3 Å². The van der Waals surface area contributed by atoms with Crippen molar-refractivity contribution in [3.8, 4) is 5.75 Å². The molecule has 2 aromatic carbocycles. The van der Waals surface area contributed by atoms with Gasteiger partial charge in [0.15, 0.2) is 0 Å². The summed E-state index contributed by atoms with van der Waals surface area (Å²) < 4.78 is 5.58. The number of hydrogen-bond acceptors (Lipinski definition) is 4. The van der Waals surface area contributed by atoms with E-state index >= 15 is 0 Å². The minimum Gasteiger partial charge on any atom is -0.492 e. The minimum absolute atomic E-state index is 0.132. The number of anilines is 2. The number of imide groups is 1. The normalized spacial score (nSPS) is 17.1. The molecule has 0 saturated carbocycles. The van der Waals surface area contributed by atoms with Gasteiger partial charge in [0.2, 0.25) is 5.91 Å². The second kappa shape index (κ2) is 6.97. The Labute approximate surface area is 147 Å². The molecule has 25 heavy (non-hydrogen) atoms. The Morgan fingerprint density at radius 3 is 2.68 bits per heavy atom. The molecule has 0 radical (unpaired) electrons. The lowest BCUT2D eigenvalue weighted by atomic mass is 10.1. The number of ether oxygens (including phenoxy) is 1. The van der Waals surface area contributed by atoms with E-state index in [2.05, 4.69) is 5.32 Å². The van der Waals surface area contributed by atoms with E-state index in [1.165, 1.54) is 4.90 Å². The highest BCUT2D eigenvalue weighted by Gasteiger charge is 2.40. The van der Waals surface area contributed by atoms with Crippen LogP contribution in [0.1, 0.15) is 24.5 Å². The van der Waals surface area contributed by atoms with Crippen LogP contribution in [0.3, 0.4) is 0 Å². The quantitative estimate of drug-likeness (QED) is 0.849. The first-order chi connectivity index (χ1) is 12.0. The average Bonchev–Trinajstić information content (AvgIpc) is 2.86. The lowest BCUT2D eigenvalue weighted by Crippen LogP contribution is -2.35. The lowest BCUT2D eigenvalue weighted by molar-refractivity contribution is -0.121. The Bertz CT molecular complexity index is 816. The number of carbonyl (C=O) groups excluding carboxylic acids is 2. The van der Waals surface area contributed by atoms with Gasteiger partial charge in [-0.1, -0.05) is 24.3 Å². The monoisotopic (exact) mass is 338 g/mol. The summed E-state index contributed by atoms with van der Waals surface area (Å²) in [6.45, 7) is 6.29. The number of aryl methyl sites for hydroxylation is 2. The number of benzene rings is 2. The zero-order valence-corrected chi connectivity index (χ0v) is 14.7. The second-order valence-corrected chi connectivity index (χ2v) is 6.19. The van der Waals surface area contributed by atoms with Gasteiger partial charge in [0.05, 0.1) is 24.4 Å². The maximum atomic E-state index is 12.9. The van der Waals surface area contributed by atoms with Crippen LogP contribution in [-0.4, -0.2) is 24.5 Å². The molecular formula is C20H22N2O3. The SMILES string of the molecule is CCOc1ccccc1N[C@@H]1CC(=O)N(c2cc(C)ccc2C)C1=O. The van der Waals surface area contributed by atoms with E-state index in [-0.39, 0.29) is 18.2 Å². The number of carbonyl (C=O) groups is 2. The van der Waals surface area contributed by atoms with Crippen LogP contribution >= 0.6 is 0 Å². The van der Waals surface area contributed by atoms with Crippen LogP contribution in [0, 0.1) is 13.8 Å². The maximum Gasteiger partial charge on any atom is 0.256 e. The number of amides is 2. The highest BCUT2D eigenvalue weighted by molar-refractivity contribution is 6.23. The van der Waals surface area contributed by atoms with Crippen molar-refractivity contribution in [2.24, 2.45) is 0 Å². The van der Waals surface area contributed by atoms with Crippen LogP contribution in [0.4, 0.5) is 11.4 Å². The van der Waals surface area contributed by atoms with Gasteiger partial charge in [-0.15, -0.1) is 0 Å². The van der Waals surface area contributed by atoms with Gasteiger partial charge in [0, 0.05) is 0 Å². The second-order valence-electron chi connectivity index (χ2n) is 6.19. The molecule has 0 aromatic heterocycles. The van der Waals surface area contributed by atoms with Crippen LogP contribution in [0.5, 0.6) is 5.75 Å². The van der Waals surface area contributed by atoms with E-state index < -0.39 is 6.04 Å². The molecule has 5 heteroatoms. The average molecular weight is 338 g/mol. The molecule has 1 saturated heterocycles. The number of rotatable bonds is 5. The molecule has 0 unspecified atom stereocenters. The predicted molar refractivity (Wildman–Crippen MR) is 98.0 cm³/mol. The van der Waals surface area contributed by atoms with Crippen molar-refractivity contribution in [2.45, 2.75) is 33.2 Å². The Kier molecular flexibility index (Phi) is 4.74. The van der Waals surface area contributed by atoms with Gasteiger partial charge in [0.1, 0.15) is 11.8 Å². The van der Waals surface area contributed by atoms with E-state index in [4.69, 9.17) is 4.74 Å². The third kappa shape index (κ3) is 3.36. The summed E-state index contributed by atoms with van der Waals surface area (Å²) in [5.41, 5.74) is 3.30. The summed E-state index contributed by atoms with van der Waals surface area (Å²) >= 11 is 0. The van der Waals surface area contributed by atoms with Crippen molar-refractivity contribution in [1.29, 1.82) is 0 Å². The Hall–Kier alpha value is -2.82. The maximum absolute atomic E-state index is 12.9. The first kappa shape index (κ1) is 17.0. The van der Waals surface area contributed by atoms with E-state index in [1.807, 2.05) is 63.2 Å². The zero-order chi connectivity index (χ0) is 18.0. The highest BCUT2D eigenvalue weighted by Crippen LogP contribution is 2.31. The van der Waals surface area contributed by atoms with Crippen molar-refractivity contribution in [1.82, 2.24) is 0 Å². The van der Waals surface area contributed by atoms with Gasteiger partial charge < -0.3 is 10.1 Å². The molecule has 0 bridgehead atoms. The molecule has 5 nitrogen and oxygen atoms in total. The van der Waals surface area contributed by atoms with Crippen LogP contribution in [0.15, 0.2) is 42.5 Å². The molecule has 130 valence electrons. The summed E-state index contributed by atoms with van der Waals surface area (Å²) in [5, 5.41) is 3.17. The molecule has 1 aliphatic heterocycles. The third-order valence-electron chi connectivity index (χ3n) is 4.27. The summed E-state index contributed by atoms with van der Waals surface area (Å²) in [5.74, 6) is 0.255. The summed E-state index contributed by atoms with van der Waals surface area (Å²) in [6.07, 6.45) is 0.132. The van der Waals surface area contributed by atoms with Gasteiger partial charge in [-0.3, -0.25) is 9.59 Å². The number of nitrogens with one attached hydrogen (secondary N) is 1. The van der Waals surface area contributed by atoms with Gasteiger partial charge in [-0.2, -0.15) is 0 Å². The number of nitrogens with zero attached hydrogens (tertiary/aromatic N) is 1. The first-order valence-electron chi connectivity index (χ1n) is 8.43. The fourth-order valence-corrected chi connectivity index (χ4v) is 3.01. The molecule has 1 N–H and O–H groups in total. The van der Waals surface area contributed by atoms with E-state index in [0.717, 1.165) is 16.8 Å². The Morgan fingerprint density at radius 2 is 1.92 bits per heavy atom. The topological polar surface area (TPSA) is 58.6 Å².